The number of nitrogen functional groups attached to an aromatic ring is 1. The molecule has 1 atom stereocenters. The van der Waals surface area contributed by atoms with Gasteiger partial charge in [-0.05, 0) is 68.9 Å². The Hall–Kier alpha value is -4.08. The van der Waals surface area contributed by atoms with Crippen LogP contribution in [0.1, 0.15) is 18.9 Å². The van der Waals surface area contributed by atoms with Gasteiger partial charge in [-0.3, -0.25) is 9.59 Å². The number of nitrogens with two attached hydrogens (primary N) is 1. The van der Waals surface area contributed by atoms with Crippen molar-refractivity contribution in [3.8, 4) is 22.6 Å². The first-order chi connectivity index (χ1) is 18.8. The van der Waals surface area contributed by atoms with Crippen molar-refractivity contribution in [1.29, 1.82) is 0 Å². The molecule has 9 nitrogen and oxygen atoms in total. The third kappa shape index (κ3) is 5.84. The van der Waals surface area contributed by atoms with E-state index in [1.807, 2.05) is 65.0 Å². The van der Waals surface area contributed by atoms with Gasteiger partial charge in [0, 0.05) is 42.5 Å². The lowest BCUT2D eigenvalue weighted by Crippen LogP contribution is -2.40. The molecule has 0 radical (unpaired) electrons. The third-order valence-electron chi connectivity index (χ3n) is 6.83. The summed E-state index contributed by atoms with van der Waals surface area (Å²) in [5, 5.41) is 7.80. The van der Waals surface area contributed by atoms with Crippen molar-refractivity contribution in [3.63, 3.8) is 0 Å². The van der Waals surface area contributed by atoms with Gasteiger partial charge in [0.1, 0.15) is 17.0 Å². The summed E-state index contributed by atoms with van der Waals surface area (Å²) in [6.45, 7) is 1.88. The van der Waals surface area contributed by atoms with Crippen LogP contribution in [0, 0.1) is 0 Å². The molecule has 3 heterocycles. The summed E-state index contributed by atoms with van der Waals surface area (Å²) in [5.74, 6) is 1.56. The molecule has 39 heavy (non-hydrogen) atoms. The Balaban J connectivity index is 1.45. The number of carbonyl (C=O) groups is 1. The summed E-state index contributed by atoms with van der Waals surface area (Å²) >= 11 is 5.97. The molecule has 1 amide bonds. The Labute approximate surface area is 231 Å². The zero-order valence-corrected chi connectivity index (χ0v) is 22.7. The molecule has 4 aromatic rings. The van der Waals surface area contributed by atoms with Crippen molar-refractivity contribution in [2.24, 2.45) is 0 Å². The van der Waals surface area contributed by atoms with E-state index in [1.165, 1.54) is 0 Å². The van der Waals surface area contributed by atoms with E-state index in [0.717, 1.165) is 24.0 Å². The maximum Gasteiger partial charge on any atom is 0.288 e. The second-order valence-corrected chi connectivity index (χ2v) is 10.4. The van der Waals surface area contributed by atoms with E-state index in [0.29, 0.717) is 47.1 Å². The largest absolute Gasteiger partial charge is 0.457 e. The number of ether oxygens (including phenoxy) is 1. The molecule has 10 heteroatoms. The highest BCUT2D eigenvalue weighted by atomic mass is 35.5. The fraction of sp³-hybridized carbons (Fsp3) is 0.276. The van der Waals surface area contributed by atoms with E-state index >= 15 is 0 Å². The number of piperidine rings is 1. The van der Waals surface area contributed by atoms with Crippen molar-refractivity contribution >= 4 is 34.2 Å². The number of aromatic amines is 1. The molecule has 202 valence electrons. The minimum atomic E-state index is -0.317. The Kier molecular flexibility index (Phi) is 7.72. The second kappa shape index (κ2) is 11.3. The normalized spacial score (nSPS) is 15.9. The highest BCUT2D eigenvalue weighted by molar-refractivity contribution is 6.30. The van der Waals surface area contributed by atoms with E-state index in [2.05, 4.69) is 10.2 Å². The van der Waals surface area contributed by atoms with Gasteiger partial charge in [-0.25, -0.2) is 5.10 Å². The first-order valence-electron chi connectivity index (χ1n) is 12.8. The fourth-order valence-corrected chi connectivity index (χ4v) is 5.06. The number of rotatable bonds is 7. The van der Waals surface area contributed by atoms with E-state index in [4.69, 9.17) is 22.1 Å². The van der Waals surface area contributed by atoms with Crippen LogP contribution < -0.4 is 16.0 Å². The maximum atomic E-state index is 13.0. The van der Waals surface area contributed by atoms with Gasteiger partial charge >= 0.3 is 0 Å². The van der Waals surface area contributed by atoms with Crippen LogP contribution in [0.25, 0.3) is 22.0 Å². The number of carbonyl (C=O) groups excluding carboxylic acids is 1. The number of H-pyrrole nitrogens is 1. The topological polar surface area (TPSA) is 109 Å². The Morgan fingerprint density at radius 3 is 2.56 bits per heavy atom. The average Bonchev–Trinajstić information content (AvgIpc) is 3.34. The van der Waals surface area contributed by atoms with Crippen LogP contribution in [0.3, 0.4) is 0 Å². The molecule has 2 aromatic heterocycles. The van der Waals surface area contributed by atoms with Crippen LogP contribution in [-0.2, 0) is 4.79 Å². The number of halogens is 1. The smallest absolute Gasteiger partial charge is 0.288 e. The number of fused-ring (bicyclic) bond motifs is 1. The third-order valence-corrected chi connectivity index (χ3v) is 7.08. The van der Waals surface area contributed by atoms with Crippen molar-refractivity contribution in [2.75, 3.05) is 39.5 Å². The summed E-state index contributed by atoms with van der Waals surface area (Å²) in [6.07, 6.45) is 7.12. The van der Waals surface area contributed by atoms with Gasteiger partial charge in [-0.1, -0.05) is 29.8 Å². The number of anilines is 1. The van der Waals surface area contributed by atoms with Gasteiger partial charge in [-0.15, -0.1) is 0 Å². The lowest BCUT2D eigenvalue weighted by molar-refractivity contribution is -0.127. The highest BCUT2D eigenvalue weighted by Crippen LogP contribution is 2.36. The lowest BCUT2D eigenvalue weighted by Gasteiger charge is -2.33. The quantitative estimate of drug-likeness (QED) is 0.325. The highest BCUT2D eigenvalue weighted by Gasteiger charge is 2.27. The van der Waals surface area contributed by atoms with Crippen molar-refractivity contribution in [1.82, 2.24) is 24.6 Å². The molecule has 1 aliphatic heterocycles. The van der Waals surface area contributed by atoms with E-state index in [1.54, 1.807) is 30.3 Å². The zero-order valence-electron chi connectivity index (χ0n) is 21.9. The predicted octanol–water partition coefficient (Wildman–Crippen LogP) is 4.70. The van der Waals surface area contributed by atoms with Crippen LogP contribution in [0.2, 0.25) is 5.02 Å². The van der Waals surface area contributed by atoms with Gasteiger partial charge in [0.2, 0.25) is 5.91 Å². The summed E-state index contributed by atoms with van der Waals surface area (Å²) in [4.78, 5) is 29.7. The van der Waals surface area contributed by atoms with Gasteiger partial charge in [0.05, 0.1) is 11.4 Å². The first-order valence-corrected chi connectivity index (χ1v) is 13.2. The molecule has 1 aliphatic rings. The number of nitrogens with one attached hydrogen (secondary N) is 1. The van der Waals surface area contributed by atoms with Crippen LogP contribution in [-0.4, -0.2) is 64.2 Å². The molecule has 0 saturated carbocycles. The lowest BCUT2D eigenvalue weighted by atomic mass is 10.1. The number of hydrogen-bond acceptors (Lipinski definition) is 6. The Bertz CT molecular complexity index is 1560. The summed E-state index contributed by atoms with van der Waals surface area (Å²) < 4.78 is 7.89. The summed E-state index contributed by atoms with van der Waals surface area (Å²) in [7, 11) is 3.91. The standard InChI is InChI=1S/C29H31ClN6O3/c1-34(2)15-4-6-25(37)35-16-3-5-21(17-35)36-18-24(26-27(36)29(38)33-32-28(26)31)19-7-11-22(12-8-19)39-23-13-9-20(30)10-14-23/h4,6-14,18,21H,3,5,15-17H2,1-2H3,(H2,31,32)(H,33,38)/b6-4+. The molecule has 2 aromatic carbocycles. The average molecular weight is 547 g/mol. The first kappa shape index (κ1) is 26.5. The number of nitrogens with zero attached hydrogens (tertiary/aromatic N) is 4. The monoisotopic (exact) mass is 546 g/mol. The van der Waals surface area contributed by atoms with Crippen LogP contribution in [0.15, 0.2) is 71.7 Å². The number of likely N-dealkylation sites (N-methyl/N-ethyl adjacent to an activating group) is 1. The van der Waals surface area contributed by atoms with Gasteiger partial charge < -0.3 is 24.8 Å². The number of aromatic nitrogens is 3. The fourth-order valence-electron chi connectivity index (χ4n) is 4.93. The van der Waals surface area contributed by atoms with Gasteiger partial charge in [0.25, 0.3) is 5.56 Å². The second-order valence-electron chi connectivity index (χ2n) is 9.94. The summed E-state index contributed by atoms with van der Waals surface area (Å²) in [5.41, 5.74) is 8.11. The SMILES string of the molecule is CN(C)C/C=C/C(=O)N1CCCC(n2cc(-c3ccc(Oc4ccc(Cl)cc4)cc3)c3c(N)n[nH]c(=O)c32)C1. The molecular weight excluding hydrogens is 516 g/mol. The molecule has 3 N–H and O–H groups in total. The minimum Gasteiger partial charge on any atom is -0.457 e. The summed E-state index contributed by atoms with van der Waals surface area (Å²) in [6, 6.07) is 14.7. The predicted molar refractivity (Wildman–Crippen MR) is 154 cm³/mol. The minimum absolute atomic E-state index is 0.0235. The van der Waals surface area contributed by atoms with Crippen molar-refractivity contribution in [3.05, 3.63) is 82.3 Å². The van der Waals surface area contributed by atoms with Gasteiger partial charge in [0.15, 0.2) is 5.82 Å². The maximum absolute atomic E-state index is 13.0. The van der Waals surface area contributed by atoms with Crippen LogP contribution >= 0.6 is 11.6 Å². The number of likely N-dealkylation sites (tertiary alicyclic amines) is 1. The molecular formula is C29H31ClN6O3. The Morgan fingerprint density at radius 1 is 1.18 bits per heavy atom. The van der Waals surface area contributed by atoms with Crippen molar-refractivity contribution in [2.45, 2.75) is 18.9 Å². The molecule has 1 unspecified atom stereocenters. The molecule has 1 fully saturated rings. The zero-order chi connectivity index (χ0) is 27.5. The number of benzene rings is 2. The van der Waals surface area contributed by atoms with Crippen LogP contribution in [0.5, 0.6) is 11.5 Å². The van der Waals surface area contributed by atoms with Crippen LogP contribution in [0.4, 0.5) is 5.82 Å². The van der Waals surface area contributed by atoms with Gasteiger partial charge in [-0.2, -0.15) is 5.10 Å². The van der Waals surface area contributed by atoms with E-state index in [9.17, 15) is 9.59 Å². The molecule has 0 aliphatic carbocycles. The van der Waals surface area contributed by atoms with E-state index < -0.39 is 0 Å². The van der Waals surface area contributed by atoms with E-state index in [-0.39, 0.29) is 23.3 Å². The molecule has 5 rings (SSSR count). The molecule has 1 saturated heterocycles. The molecule has 0 spiro atoms. The number of hydrogen-bond donors (Lipinski definition) is 2. The Morgan fingerprint density at radius 2 is 1.87 bits per heavy atom. The number of amides is 1. The molecule has 0 bridgehead atoms. The van der Waals surface area contributed by atoms with Crippen molar-refractivity contribution < 1.29 is 9.53 Å².